The summed E-state index contributed by atoms with van der Waals surface area (Å²) in [6, 6.07) is 6.42. The number of aromatic amines is 2. The third kappa shape index (κ3) is 2.80. The normalized spacial score (nSPS) is 14.8. The monoisotopic (exact) mass is 249 g/mol. The Morgan fingerprint density at radius 2 is 2.00 bits per heavy atom. The standard InChI is InChI=1S/C13H19N3O2/c1-8(7-18-3)14-9(2)10-4-5-11-12(6-10)16-13(17)15-11/h4-6,8-9,14H,7H2,1-3H3,(H2,15,16,17). The van der Waals surface area contributed by atoms with Crippen molar-refractivity contribution in [3.05, 3.63) is 34.2 Å². The molecule has 0 saturated heterocycles. The van der Waals surface area contributed by atoms with Crippen molar-refractivity contribution in [1.29, 1.82) is 0 Å². The van der Waals surface area contributed by atoms with E-state index < -0.39 is 0 Å². The molecule has 0 spiro atoms. The Kier molecular flexibility index (Phi) is 3.84. The van der Waals surface area contributed by atoms with Crippen LogP contribution in [0.25, 0.3) is 11.0 Å². The molecule has 1 heterocycles. The highest BCUT2D eigenvalue weighted by atomic mass is 16.5. The van der Waals surface area contributed by atoms with Gasteiger partial charge in [-0.2, -0.15) is 0 Å². The maximum absolute atomic E-state index is 11.2. The quantitative estimate of drug-likeness (QED) is 0.753. The summed E-state index contributed by atoms with van der Waals surface area (Å²) in [5.41, 5.74) is 2.64. The van der Waals surface area contributed by atoms with Crippen LogP contribution in [0.15, 0.2) is 23.0 Å². The molecule has 0 aliphatic carbocycles. The van der Waals surface area contributed by atoms with Gasteiger partial charge in [-0.3, -0.25) is 0 Å². The van der Waals surface area contributed by atoms with E-state index in [0.29, 0.717) is 6.61 Å². The number of hydrogen-bond donors (Lipinski definition) is 3. The zero-order valence-corrected chi connectivity index (χ0v) is 10.9. The summed E-state index contributed by atoms with van der Waals surface area (Å²) in [5.74, 6) is 0. The number of nitrogens with one attached hydrogen (secondary N) is 3. The van der Waals surface area contributed by atoms with Crippen LogP contribution in [-0.4, -0.2) is 29.7 Å². The van der Waals surface area contributed by atoms with E-state index >= 15 is 0 Å². The number of H-pyrrole nitrogens is 2. The Hall–Kier alpha value is -1.59. The van der Waals surface area contributed by atoms with Crippen LogP contribution < -0.4 is 11.0 Å². The van der Waals surface area contributed by atoms with Crippen LogP contribution in [0.3, 0.4) is 0 Å². The molecule has 5 nitrogen and oxygen atoms in total. The van der Waals surface area contributed by atoms with Crippen molar-refractivity contribution in [2.75, 3.05) is 13.7 Å². The summed E-state index contributed by atoms with van der Waals surface area (Å²) in [6.07, 6.45) is 0. The third-order valence-corrected chi connectivity index (χ3v) is 2.99. The van der Waals surface area contributed by atoms with E-state index in [1.54, 1.807) is 7.11 Å². The largest absolute Gasteiger partial charge is 0.383 e. The molecule has 2 rings (SSSR count). The Bertz CT molecular complexity index is 573. The van der Waals surface area contributed by atoms with Gasteiger partial charge in [0.25, 0.3) is 0 Å². The first-order valence-electron chi connectivity index (χ1n) is 6.07. The van der Waals surface area contributed by atoms with Gasteiger partial charge in [0, 0.05) is 19.2 Å². The lowest BCUT2D eigenvalue weighted by molar-refractivity contribution is 0.168. The minimum Gasteiger partial charge on any atom is -0.383 e. The molecule has 3 N–H and O–H groups in total. The molecular weight excluding hydrogens is 230 g/mol. The summed E-state index contributed by atoms with van der Waals surface area (Å²) in [7, 11) is 1.69. The van der Waals surface area contributed by atoms with Gasteiger partial charge in [-0.05, 0) is 31.5 Å². The number of fused-ring (bicyclic) bond motifs is 1. The first kappa shape index (κ1) is 12.9. The van der Waals surface area contributed by atoms with E-state index in [9.17, 15) is 4.79 Å². The van der Waals surface area contributed by atoms with Crippen LogP contribution in [0.2, 0.25) is 0 Å². The highest BCUT2D eigenvalue weighted by Gasteiger charge is 2.10. The molecule has 0 radical (unpaired) electrons. The summed E-state index contributed by atoms with van der Waals surface area (Å²) in [4.78, 5) is 16.7. The van der Waals surface area contributed by atoms with E-state index in [2.05, 4.69) is 29.1 Å². The van der Waals surface area contributed by atoms with Crippen LogP contribution in [0.5, 0.6) is 0 Å². The van der Waals surface area contributed by atoms with Gasteiger partial charge in [-0.25, -0.2) is 4.79 Å². The van der Waals surface area contributed by atoms with Crippen molar-refractivity contribution in [1.82, 2.24) is 15.3 Å². The maximum atomic E-state index is 11.2. The van der Waals surface area contributed by atoms with E-state index in [4.69, 9.17) is 4.74 Å². The molecule has 1 aromatic heterocycles. The number of hydrogen-bond acceptors (Lipinski definition) is 3. The highest BCUT2D eigenvalue weighted by molar-refractivity contribution is 5.75. The zero-order chi connectivity index (χ0) is 13.1. The second-order valence-corrected chi connectivity index (χ2v) is 4.63. The molecule has 0 fully saturated rings. The summed E-state index contributed by atoms with van der Waals surface area (Å²) in [5, 5.41) is 3.44. The first-order valence-corrected chi connectivity index (χ1v) is 6.07. The fourth-order valence-electron chi connectivity index (χ4n) is 2.14. The molecule has 2 atom stereocenters. The smallest absolute Gasteiger partial charge is 0.323 e. The second-order valence-electron chi connectivity index (χ2n) is 4.63. The van der Waals surface area contributed by atoms with Gasteiger partial charge in [0.05, 0.1) is 17.6 Å². The molecule has 2 aromatic rings. The maximum Gasteiger partial charge on any atom is 0.323 e. The molecular formula is C13H19N3O2. The molecule has 0 saturated carbocycles. The van der Waals surface area contributed by atoms with Crippen molar-refractivity contribution in [3.8, 4) is 0 Å². The Balaban J connectivity index is 2.17. The summed E-state index contributed by atoms with van der Waals surface area (Å²) < 4.78 is 5.10. The van der Waals surface area contributed by atoms with Gasteiger partial charge in [-0.15, -0.1) is 0 Å². The average molecular weight is 249 g/mol. The minimum absolute atomic E-state index is 0.171. The fourth-order valence-corrected chi connectivity index (χ4v) is 2.14. The molecule has 0 aliphatic heterocycles. The molecule has 2 unspecified atom stereocenters. The lowest BCUT2D eigenvalue weighted by Crippen LogP contribution is -2.32. The van der Waals surface area contributed by atoms with Gasteiger partial charge in [0.1, 0.15) is 0 Å². The van der Waals surface area contributed by atoms with E-state index in [-0.39, 0.29) is 17.8 Å². The number of aromatic nitrogens is 2. The van der Waals surface area contributed by atoms with Gasteiger partial charge in [-0.1, -0.05) is 6.07 Å². The van der Waals surface area contributed by atoms with Crippen molar-refractivity contribution >= 4 is 11.0 Å². The molecule has 1 aromatic carbocycles. The van der Waals surface area contributed by atoms with Crippen LogP contribution in [0.1, 0.15) is 25.5 Å². The van der Waals surface area contributed by atoms with Gasteiger partial charge >= 0.3 is 5.69 Å². The number of imidazole rings is 1. The van der Waals surface area contributed by atoms with Gasteiger partial charge in [0.15, 0.2) is 0 Å². The lowest BCUT2D eigenvalue weighted by atomic mass is 10.1. The molecule has 98 valence electrons. The fraction of sp³-hybridized carbons (Fsp3) is 0.462. The Morgan fingerprint density at radius 3 is 2.72 bits per heavy atom. The molecule has 0 aliphatic rings. The number of benzene rings is 1. The predicted molar refractivity (Wildman–Crippen MR) is 71.8 cm³/mol. The summed E-state index contributed by atoms with van der Waals surface area (Å²) >= 11 is 0. The Morgan fingerprint density at radius 1 is 1.28 bits per heavy atom. The highest BCUT2D eigenvalue weighted by Crippen LogP contribution is 2.17. The van der Waals surface area contributed by atoms with E-state index in [1.807, 2.05) is 18.2 Å². The average Bonchev–Trinajstić information content (AvgIpc) is 2.68. The van der Waals surface area contributed by atoms with Gasteiger partial charge in [0.2, 0.25) is 0 Å². The van der Waals surface area contributed by atoms with Crippen molar-refractivity contribution in [2.45, 2.75) is 25.9 Å². The SMILES string of the molecule is COCC(C)NC(C)c1ccc2[nH]c(=O)[nH]c2c1. The third-order valence-electron chi connectivity index (χ3n) is 2.99. The van der Waals surface area contributed by atoms with Crippen LogP contribution >= 0.6 is 0 Å². The predicted octanol–water partition coefficient (Wildman–Crippen LogP) is 1.54. The Labute approximate surface area is 106 Å². The second kappa shape index (κ2) is 5.37. The van der Waals surface area contributed by atoms with E-state index in [1.165, 1.54) is 0 Å². The molecule has 18 heavy (non-hydrogen) atoms. The van der Waals surface area contributed by atoms with Gasteiger partial charge < -0.3 is 20.0 Å². The van der Waals surface area contributed by atoms with Crippen molar-refractivity contribution < 1.29 is 4.74 Å². The van der Waals surface area contributed by atoms with Crippen LogP contribution in [0, 0.1) is 0 Å². The van der Waals surface area contributed by atoms with Crippen molar-refractivity contribution in [3.63, 3.8) is 0 Å². The van der Waals surface area contributed by atoms with Crippen molar-refractivity contribution in [2.24, 2.45) is 0 Å². The van der Waals surface area contributed by atoms with E-state index in [0.717, 1.165) is 16.6 Å². The topological polar surface area (TPSA) is 69.9 Å². The molecule has 0 amide bonds. The van der Waals surface area contributed by atoms with Crippen LogP contribution in [0.4, 0.5) is 0 Å². The summed E-state index contributed by atoms with van der Waals surface area (Å²) in [6.45, 7) is 4.85. The minimum atomic E-state index is -0.171. The first-order chi connectivity index (χ1) is 8.60. The number of ether oxygens (including phenoxy) is 1. The zero-order valence-electron chi connectivity index (χ0n) is 10.9. The van der Waals surface area contributed by atoms with Crippen LogP contribution in [-0.2, 0) is 4.74 Å². The number of rotatable bonds is 5. The lowest BCUT2D eigenvalue weighted by Gasteiger charge is -2.19. The molecule has 0 bridgehead atoms. The molecule has 5 heteroatoms. The number of methoxy groups -OCH3 is 1.